The van der Waals surface area contributed by atoms with E-state index in [-0.39, 0.29) is 18.8 Å². The minimum absolute atomic E-state index is 0.0279. The minimum Gasteiger partial charge on any atom is -0.489 e. The van der Waals surface area contributed by atoms with Crippen LogP contribution in [-0.2, 0) is 11.3 Å². The van der Waals surface area contributed by atoms with Gasteiger partial charge in [0.1, 0.15) is 17.9 Å². The van der Waals surface area contributed by atoms with Gasteiger partial charge in [-0.2, -0.15) is 0 Å². The Morgan fingerprint density at radius 3 is 2.61 bits per heavy atom. The van der Waals surface area contributed by atoms with E-state index < -0.39 is 46.5 Å². The standard InChI is InChI=1S/C25H27F3N4O4/c1-25(2,3)36-24(34)32-9-8-29-14-20(32)22-23(33)31(19-7-5-4-6-18(19)30-22)10-11-35-21-13-16(27)15(26)12-17(21)28/h4-7,12-13,20,29H,8-11,14H2,1-3H3. The first kappa shape index (κ1) is 25.5. The van der Waals surface area contributed by atoms with Crippen molar-refractivity contribution in [2.24, 2.45) is 0 Å². The number of aromatic nitrogens is 2. The third kappa shape index (κ3) is 5.46. The number of carbonyl (C=O) groups excluding carboxylic acids is 1. The fourth-order valence-corrected chi connectivity index (χ4v) is 4.00. The van der Waals surface area contributed by atoms with E-state index in [0.29, 0.717) is 42.8 Å². The Balaban J connectivity index is 1.67. The summed E-state index contributed by atoms with van der Waals surface area (Å²) in [6.45, 7) is 6.22. The molecule has 0 saturated carbocycles. The van der Waals surface area contributed by atoms with Crippen LogP contribution < -0.4 is 15.6 Å². The van der Waals surface area contributed by atoms with Crippen LogP contribution in [0.1, 0.15) is 32.5 Å². The van der Waals surface area contributed by atoms with Crippen molar-refractivity contribution in [2.75, 3.05) is 26.2 Å². The zero-order chi connectivity index (χ0) is 26.0. The number of halogens is 3. The summed E-state index contributed by atoms with van der Waals surface area (Å²) in [6.07, 6.45) is -0.549. The molecular weight excluding hydrogens is 477 g/mol. The molecule has 0 radical (unpaired) electrons. The molecule has 192 valence electrons. The fraction of sp³-hybridized carbons (Fsp3) is 0.400. The van der Waals surface area contributed by atoms with Crippen molar-refractivity contribution in [2.45, 2.75) is 39.0 Å². The Morgan fingerprint density at radius 1 is 1.14 bits per heavy atom. The molecule has 11 heteroatoms. The maximum Gasteiger partial charge on any atom is 0.410 e. The van der Waals surface area contributed by atoms with E-state index in [1.54, 1.807) is 45.0 Å². The lowest BCUT2D eigenvalue weighted by atomic mass is 10.1. The molecule has 0 spiro atoms. The van der Waals surface area contributed by atoms with Crippen LogP contribution in [-0.4, -0.2) is 52.4 Å². The molecule has 0 bridgehead atoms. The SMILES string of the molecule is CC(C)(C)OC(=O)N1CCNCC1c1nc2ccccc2n(CCOc2cc(F)c(F)cc2F)c1=O. The van der Waals surface area contributed by atoms with Gasteiger partial charge in [0.2, 0.25) is 0 Å². The van der Waals surface area contributed by atoms with Crippen molar-refractivity contribution in [1.29, 1.82) is 0 Å². The number of para-hydroxylation sites is 2. The molecule has 2 heterocycles. The number of carbonyl (C=O) groups is 1. The van der Waals surface area contributed by atoms with E-state index in [0.717, 1.165) is 0 Å². The molecule has 1 atom stereocenters. The third-order valence-corrected chi connectivity index (χ3v) is 5.61. The Hall–Kier alpha value is -3.60. The number of hydrogen-bond donors (Lipinski definition) is 1. The van der Waals surface area contributed by atoms with Crippen LogP contribution in [0, 0.1) is 17.5 Å². The second-order valence-electron chi connectivity index (χ2n) is 9.38. The number of nitrogens with zero attached hydrogens (tertiary/aromatic N) is 3. The lowest BCUT2D eigenvalue weighted by Crippen LogP contribution is -2.52. The average molecular weight is 505 g/mol. The summed E-state index contributed by atoms with van der Waals surface area (Å²) in [5, 5.41) is 3.19. The molecule has 1 N–H and O–H groups in total. The van der Waals surface area contributed by atoms with Gasteiger partial charge in [-0.15, -0.1) is 0 Å². The van der Waals surface area contributed by atoms with E-state index in [1.807, 2.05) is 0 Å². The molecule has 4 rings (SSSR count). The molecular formula is C25H27F3N4O4. The van der Waals surface area contributed by atoms with Crippen molar-refractivity contribution in [3.8, 4) is 5.75 Å². The van der Waals surface area contributed by atoms with Crippen molar-refractivity contribution in [3.05, 3.63) is 69.9 Å². The highest BCUT2D eigenvalue weighted by atomic mass is 19.2. The van der Waals surface area contributed by atoms with Gasteiger partial charge in [-0.1, -0.05) is 12.1 Å². The largest absolute Gasteiger partial charge is 0.489 e. The molecule has 2 aromatic carbocycles. The minimum atomic E-state index is -1.32. The van der Waals surface area contributed by atoms with Gasteiger partial charge in [-0.25, -0.2) is 22.9 Å². The Bertz CT molecular complexity index is 1340. The van der Waals surface area contributed by atoms with Crippen LogP contribution in [0.4, 0.5) is 18.0 Å². The van der Waals surface area contributed by atoms with Crippen LogP contribution in [0.25, 0.3) is 11.0 Å². The molecule has 1 aliphatic heterocycles. The molecule has 1 saturated heterocycles. The van der Waals surface area contributed by atoms with Crippen LogP contribution in [0.5, 0.6) is 5.75 Å². The topological polar surface area (TPSA) is 85.7 Å². The van der Waals surface area contributed by atoms with Gasteiger partial charge in [-0.3, -0.25) is 9.69 Å². The first-order chi connectivity index (χ1) is 17.0. The first-order valence-electron chi connectivity index (χ1n) is 11.5. The highest BCUT2D eigenvalue weighted by Gasteiger charge is 2.34. The lowest BCUT2D eigenvalue weighted by molar-refractivity contribution is 0.0111. The van der Waals surface area contributed by atoms with Crippen LogP contribution >= 0.6 is 0 Å². The maximum atomic E-state index is 14.0. The van der Waals surface area contributed by atoms with Crippen LogP contribution in [0.3, 0.4) is 0 Å². The zero-order valence-corrected chi connectivity index (χ0v) is 20.2. The van der Waals surface area contributed by atoms with E-state index in [2.05, 4.69) is 10.3 Å². The number of hydrogen-bond acceptors (Lipinski definition) is 6. The van der Waals surface area contributed by atoms with Crippen LogP contribution in [0.2, 0.25) is 0 Å². The second-order valence-corrected chi connectivity index (χ2v) is 9.38. The molecule has 1 aliphatic rings. The van der Waals surface area contributed by atoms with Crippen molar-refractivity contribution >= 4 is 17.1 Å². The van der Waals surface area contributed by atoms with E-state index in [9.17, 15) is 22.8 Å². The molecule has 3 aromatic rings. The summed E-state index contributed by atoms with van der Waals surface area (Å²) < 4.78 is 53.0. The smallest absolute Gasteiger partial charge is 0.410 e. The Labute approximate surface area is 205 Å². The van der Waals surface area contributed by atoms with Crippen LogP contribution in [0.15, 0.2) is 41.2 Å². The van der Waals surface area contributed by atoms with E-state index in [4.69, 9.17) is 9.47 Å². The number of benzene rings is 2. The summed E-state index contributed by atoms with van der Waals surface area (Å²) in [7, 11) is 0. The summed E-state index contributed by atoms with van der Waals surface area (Å²) in [6, 6.07) is 7.29. The van der Waals surface area contributed by atoms with Crippen molar-refractivity contribution < 1.29 is 27.4 Å². The van der Waals surface area contributed by atoms with E-state index in [1.165, 1.54) is 9.47 Å². The first-order valence-corrected chi connectivity index (χ1v) is 11.5. The number of fused-ring (bicyclic) bond motifs is 1. The Kier molecular flexibility index (Phi) is 7.21. The monoisotopic (exact) mass is 504 g/mol. The van der Waals surface area contributed by atoms with Gasteiger partial charge in [-0.05, 0) is 32.9 Å². The molecule has 1 aromatic heterocycles. The lowest BCUT2D eigenvalue weighted by Gasteiger charge is -2.36. The molecule has 1 amide bonds. The normalized spacial score (nSPS) is 16.3. The van der Waals surface area contributed by atoms with Gasteiger partial charge in [0.25, 0.3) is 5.56 Å². The summed E-state index contributed by atoms with van der Waals surface area (Å²) >= 11 is 0. The zero-order valence-electron chi connectivity index (χ0n) is 20.2. The summed E-state index contributed by atoms with van der Waals surface area (Å²) in [5.41, 5.74) is 0.000720. The quantitative estimate of drug-likeness (QED) is 0.533. The third-order valence-electron chi connectivity index (χ3n) is 5.61. The maximum absolute atomic E-state index is 14.0. The predicted molar refractivity (Wildman–Crippen MR) is 126 cm³/mol. The molecule has 0 aliphatic carbocycles. The molecule has 36 heavy (non-hydrogen) atoms. The summed E-state index contributed by atoms with van der Waals surface area (Å²) in [4.78, 5) is 32.6. The van der Waals surface area contributed by atoms with Gasteiger partial charge in [0, 0.05) is 31.8 Å². The predicted octanol–water partition coefficient (Wildman–Crippen LogP) is 3.77. The highest BCUT2D eigenvalue weighted by Crippen LogP contribution is 2.24. The van der Waals surface area contributed by atoms with Gasteiger partial charge < -0.3 is 19.4 Å². The number of nitrogens with one attached hydrogen (secondary N) is 1. The van der Waals surface area contributed by atoms with Crippen molar-refractivity contribution in [1.82, 2.24) is 19.8 Å². The number of piperazine rings is 1. The summed E-state index contributed by atoms with van der Waals surface area (Å²) in [5.74, 6) is -4.08. The fourth-order valence-electron chi connectivity index (χ4n) is 4.00. The van der Waals surface area contributed by atoms with Gasteiger partial charge >= 0.3 is 6.09 Å². The van der Waals surface area contributed by atoms with Gasteiger partial charge in [0.15, 0.2) is 23.2 Å². The molecule has 1 unspecified atom stereocenters. The van der Waals surface area contributed by atoms with Crippen molar-refractivity contribution in [3.63, 3.8) is 0 Å². The molecule has 8 nitrogen and oxygen atoms in total. The Morgan fingerprint density at radius 2 is 1.86 bits per heavy atom. The average Bonchev–Trinajstić information content (AvgIpc) is 2.82. The van der Waals surface area contributed by atoms with Gasteiger partial charge in [0.05, 0.1) is 23.6 Å². The van der Waals surface area contributed by atoms with E-state index >= 15 is 0 Å². The second kappa shape index (κ2) is 10.2. The molecule has 1 fully saturated rings. The number of amides is 1. The number of ether oxygens (including phenoxy) is 2. The number of rotatable bonds is 5. The highest BCUT2D eigenvalue weighted by molar-refractivity contribution is 5.75.